The van der Waals surface area contributed by atoms with Crippen LogP contribution in [-0.2, 0) is 22.4 Å². The summed E-state index contributed by atoms with van der Waals surface area (Å²) in [7, 11) is 0. The Morgan fingerprint density at radius 3 is 2.57 bits per heavy atom. The second kappa shape index (κ2) is 7.04. The maximum Gasteiger partial charge on any atom is 0.328 e. The van der Waals surface area contributed by atoms with Gasteiger partial charge in [-0.1, -0.05) is 12.8 Å². The number of rotatable bonds is 3. The first kappa shape index (κ1) is 15.3. The Hall–Kier alpha value is -2.13. The van der Waals surface area contributed by atoms with Gasteiger partial charge in [0.2, 0.25) is 5.91 Å². The molecule has 2 rings (SSSR count). The molecule has 21 heavy (non-hydrogen) atoms. The number of amides is 1. The van der Waals surface area contributed by atoms with Crippen molar-refractivity contribution in [2.45, 2.75) is 38.5 Å². The number of thiophene rings is 1. The van der Waals surface area contributed by atoms with Crippen molar-refractivity contribution in [3.8, 4) is 6.07 Å². The average molecular weight is 304 g/mol. The van der Waals surface area contributed by atoms with Gasteiger partial charge in [-0.2, -0.15) is 5.26 Å². The van der Waals surface area contributed by atoms with Crippen LogP contribution in [0.4, 0.5) is 5.00 Å². The number of nitriles is 1. The van der Waals surface area contributed by atoms with E-state index in [1.165, 1.54) is 29.1 Å². The summed E-state index contributed by atoms with van der Waals surface area (Å²) in [4.78, 5) is 23.2. The van der Waals surface area contributed by atoms with E-state index in [1.807, 2.05) is 0 Å². The van der Waals surface area contributed by atoms with Gasteiger partial charge in [0, 0.05) is 17.0 Å². The van der Waals surface area contributed by atoms with Gasteiger partial charge in [-0.25, -0.2) is 4.79 Å². The zero-order valence-electron chi connectivity index (χ0n) is 11.5. The number of hydrogen-bond donors (Lipinski definition) is 2. The Morgan fingerprint density at radius 1 is 1.19 bits per heavy atom. The summed E-state index contributed by atoms with van der Waals surface area (Å²) in [5.74, 6) is -1.70. The Balaban J connectivity index is 2.24. The molecule has 1 heterocycles. The minimum absolute atomic E-state index is 0.525. The topological polar surface area (TPSA) is 90.2 Å². The second-order valence-corrected chi connectivity index (χ2v) is 6.00. The average Bonchev–Trinajstić information content (AvgIpc) is 2.72. The lowest BCUT2D eigenvalue weighted by atomic mass is 9.97. The predicted octanol–water partition coefficient (Wildman–Crippen LogP) is 2.86. The number of fused-ring (bicyclic) bond motifs is 1. The summed E-state index contributed by atoms with van der Waals surface area (Å²) in [6.07, 6.45) is 8.08. The summed E-state index contributed by atoms with van der Waals surface area (Å²) in [5.41, 5.74) is 1.59. The quantitative estimate of drug-likeness (QED) is 0.840. The highest BCUT2D eigenvalue weighted by molar-refractivity contribution is 7.16. The van der Waals surface area contributed by atoms with Crippen LogP contribution in [0.3, 0.4) is 0 Å². The fraction of sp³-hybridized carbons (Fsp3) is 0.400. The molecule has 0 radical (unpaired) electrons. The predicted molar refractivity (Wildman–Crippen MR) is 80.3 cm³/mol. The van der Waals surface area contributed by atoms with Crippen molar-refractivity contribution in [1.29, 1.82) is 5.26 Å². The highest BCUT2D eigenvalue weighted by Crippen LogP contribution is 2.36. The molecule has 0 aromatic carbocycles. The number of nitrogens with one attached hydrogen (secondary N) is 1. The van der Waals surface area contributed by atoms with Crippen molar-refractivity contribution in [3.63, 3.8) is 0 Å². The molecule has 5 nitrogen and oxygen atoms in total. The Bertz CT molecular complexity index is 626. The van der Waals surface area contributed by atoms with Crippen LogP contribution in [0.15, 0.2) is 12.2 Å². The molecule has 0 aliphatic heterocycles. The van der Waals surface area contributed by atoms with E-state index < -0.39 is 11.9 Å². The van der Waals surface area contributed by atoms with Gasteiger partial charge in [0.1, 0.15) is 11.1 Å². The van der Waals surface area contributed by atoms with E-state index in [9.17, 15) is 14.9 Å². The minimum atomic E-state index is -1.18. The van der Waals surface area contributed by atoms with E-state index in [2.05, 4.69) is 11.4 Å². The lowest BCUT2D eigenvalue weighted by molar-refractivity contribution is -0.131. The first-order chi connectivity index (χ1) is 10.1. The van der Waals surface area contributed by atoms with Crippen LogP contribution in [0, 0.1) is 11.3 Å². The van der Waals surface area contributed by atoms with E-state index >= 15 is 0 Å². The summed E-state index contributed by atoms with van der Waals surface area (Å²) in [6.45, 7) is 0. The Labute approximate surface area is 126 Å². The monoisotopic (exact) mass is 304 g/mol. The van der Waals surface area contributed by atoms with E-state index in [0.717, 1.165) is 43.4 Å². The normalized spacial score (nSPS) is 14.8. The zero-order valence-corrected chi connectivity index (χ0v) is 12.3. The molecule has 0 saturated heterocycles. The first-order valence-corrected chi connectivity index (χ1v) is 7.70. The van der Waals surface area contributed by atoms with Crippen LogP contribution >= 0.6 is 11.3 Å². The molecule has 0 unspecified atom stereocenters. The number of aliphatic carboxylic acids is 1. The van der Waals surface area contributed by atoms with Crippen molar-refractivity contribution in [1.82, 2.24) is 0 Å². The molecule has 0 atom stereocenters. The van der Waals surface area contributed by atoms with Gasteiger partial charge in [0.15, 0.2) is 0 Å². The highest BCUT2D eigenvalue weighted by Gasteiger charge is 2.19. The van der Waals surface area contributed by atoms with Crippen molar-refractivity contribution in [2.75, 3.05) is 5.32 Å². The number of anilines is 1. The van der Waals surface area contributed by atoms with Crippen molar-refractivity contribution >= 4 is 28.2 Å². The molecule has 0 spiro atoms. The number of carboxylic acid groups (broad SMARTS) is 1. The molecular weight excluding hydrogens is 288 g/mol. The van der Waals surface area contributed by atoms with Crippen LogP contribution in [0.1, 0.15) is 41.7 Å². The van der Waals surface area contributed by atoms with E-state index in [1.54, 1.807) is 0 Å². The molecule has 1 amide bonds. The molecule has 1 aliphatic rings. The molecule has 0 saturated carbocycles. The minimum Gasteiger partial charge on any atom is -0.478 e. The third-order valence-corrected chi connectivity index (χ3v) is 4.60. The number of nitrogens with zero attached hydrogens (tertiary/aromatic N) is 1. The van der Waals surface area contributed by atoms with Gasteiger partial charge in [-0.15, -0.1) is 11.3 Å². The van der Waals surface area contributed by atoms with E-state index in [0.29, 0.717) is 10.6 Å². The highest BCUT2D eigenvalue weighted by atomic mass is 32.1. The number of carbonyl (C=O) groups is 2. The molecule has 0 bridgehead atoms. The van der Waals surface area contributed by atoms with Gasteiger partial charge in [-0.3, -0.25) is 4.79 Å². The van der Waals surface area contributed by atoms with Crippen LogP contribution in [0.2, 0.25) is 0 Å². The fourth-order valence-electron chi connectivity index (χ4n) is 2.43. The van der Waals surface area contributed by atoms with Crippen LogP contribution in [0.25, 0.3) is 0 Å². The van der Waals surface area contributed by atoms with Gasteiger partial charge in [-0.05, 0) is 31.2 Å². The SMILES string of the molecule is N#Cc1c(NC(=O)C=CC(=O)O)sc2c1CCCCCC2. The van der Waals surface area contributed by atoms with Crippen LogP contribution in [-0.4, -0.2) is 17.0 Å². The van der Waals surface area contributed by atoms with E-state index in [-0.39, 0.29) is 0 Å². The Kier molecular flexibility index (Phi) is 5.12. The van der Waals surface area contributed by atoms with Crippen LogP contribution < -0.4 is 5.32 Å². The molecule has 2 N–H and O–H groups in total. The Morgan fingerprint density at radius 2 is 1.90 bits per heavy atom. The number of carboxylic acids is 1. The largest absolute Gasteiger partial charge is 0.478 e. The molecular formula is C15H16N2O3S. The molecule has 1 aromatic heterocycles. The zero-order chi connectivity index (χ0) is 15.2. The molecule has 1 aliphatic carbocycles. The number of aryl methyl sites for hydroxylation is 1. The van der Waals surface area contributed by atoms with Gasteiger partial charge in [0.25, 0.3) is 0 Å². The first-order valence-electron chi connectivity index (χ1n) is 6.88. The molecule has 0 fully saturated rings. The van der Waals surface area contributed by atoms with Gasteiger partial charge < -0.3 is 10.4 Å². The molecule has 6 heteroatoms. The third-order valence-electron chi connectivity index (χ3n) is 3.40. The van der Waals surface area contributed by atoms with Gasteiger partial charge >= 0.3 is 5.97 Å². The molecule has 1 aromatic rings. The van der Waals surface area contributed by atoms with Gasteiger partial charge in [0.05, 0.1) is 5.56 Å². The molecule has 110 valence electrons. The van der Waals surface area contributed by atoms with Crippen LogP contribution in [0.5, 0.6) is 0 Å². The summed E-state index contributed by atoms with van der Waals surface area (Å²) in [6, 6.07) is 2.18. The summed E-state index contributed by atoms with van der Waals surface area (Å²) in [5, 5.41) is 21.0. The fourth-order valence-corrected chi connectivity index (χ4v) is 3.67. The standard InChI is InChI=1S/C15H16N2O3S/c16-9-11-10-5-3-1-2-4-6-12(10)21-15(11)17-13(18)7-8-14(19)20/h7-8H,1-6H2,(H,17,18)(H,19,20). The lowest BCUT2D eigenvalue weighted by Gasteiger charge is -2.08. The smallest absolute Gasteiger partial charge is 0.328 e. The van der Waals surface area contributed by atoms with E-state index in [4.69, 9.17) is 5.11 Å². The lowest BCUT2D eigenvalue weighted by Crippen LogP contribution is -2.08. The summed E-state index contributed by atoms with van der Waals surface area (Å²) >= 11 is 1.44. The summed E-state index contributed by atoms with van der Waals surface area (Å²) < 4.78 is 0. The van der Waals surface area contributed by atoms with Crippen molar-refractivity contribution in [2.24, 2.45) is 0 Å². The maximum absolute atomic E-state index is 11.7. The van der Waals surface area contributed by atoms with Crippen molar-refractivity contribution in [3.05, 3.63) is 28.2 Å². The third kappa shape index (κ3) is 3.92. The number of carbonyl (C=O) groups excluding carboxylic acids is 1. The van der Waals surface area contributed by atoms with Crippen molar-refractivity contribution < 1.29 is 14.7 Å². The number of hydrogen-bond acceptors (Lipinski definition) is 4. The maximum atomic E-state index is 11.7. The second-order valence-electron chi connectivity index (χ2n) is 4.89.